The number of aldehydes is 1. The molecule has 0 spiro atoms. The molecule has 0 heterocycles. The number of aliphatic hydroxyl groups is 6. The Labute approximate surface area is 242 Å². The van der Waals surface area contributed by atoms with Gasteiger partial charge in [-0.1, -0.05) is 65.5 Å². The zero-order valence-corrected chi connectivity index (χ0v) is 25.6. The fraction of sp³-hybridized carbons (Fsp3) is 0.909. The van der Waals surface area contributed by atoms with Crippen LogP contribution in [-0.2, 0) is 4.79 Å². The molecule has 0 saturated heterocycles. The number of hydrogen-bond donors (Lipinski definition) is 6. The summed E-state index contributed by atoms with van der Waals surface area (Å²) in [7, 11) is 0. The number of allylic oxidation sites excluding steroid dienone is 1. The van der Waals surface area contributed by atoms with Crippen LogP contribution in [0.2, 0.25) is 0 Å². The molecule has 4 aliphatic rings. The molecule has 6 N–H and O–H groups in total. The van der Waals surface area contributed by atoms with Crippen molar-refractivity contribution in [3.05, 3.63) is 11.6 Å². The van der Waals surface area contributed by atoms with Gasteiger partial charge in [-0.15, -0.1) is 0 Å². The highest BCUT2D eigenvalue weighted by Crippen LogP contribution is 2.67. The molecule has 12 atom stereocenters. The predicted molar refractivity (Wildman–Crippen MR) is 156 cm³/mol. The van der Waals surface area contributed by atoms with Gasteiger partial charge >= 0.3 is 0 Å². The molecule has 5 unspecified atom stereocenters. The van der Waals surface area contributed by atoms with Gasteiger partial charge in [-0.05, 0) is 97.7 Å². The number of aliphatic hydroxyl groups excluding tert-OH is 6. The van der Waals surface area contributed by atoms with E-state index in [0.29, 0.717) is 10.8 Å². The second kappa shape index (κ2) is 14.1. The van der Waals surface area contributed by atoms with E-state index in [9.17, 15) is 9.90 Å². The van der Waals surface area contributed by atoms with Gasteiger partial charge in [-0.2, -0.15) is 0 Å². The second-order valence-electron chi connectivity index (χ2n) is 14.5. The zero-order chi connectivity index (χ0) is 29.8. The second-order valence-corrected chi connectivity index (χ2v) is 14.5. The third-order valence-electron chi connectivity index (χ3n) is 11.7. The van der Waals surface area contributed by atoms with E-state index in [4.69, 9.17) is 25.5 Å². The summed E-state index contributed by atoms with van der Waals surface area (Å²) in [6.07, 6.45) is 10.3. The average Bonchev–Trinajstić information content (AvgIpc) is 3.29. The fourth-order valence-corrected chi connectivity index (χ4v) is 9.28. The molecular weight excluding hydrogens is 508 g/mol. The standard InChI is InChI=1S/C27H46O.C6H12O6/c1-18(2)7-6-8-19(3)23-11-12-24-22-10-9-20-17-21(28)13-15-26(20,4)25(22)14-16-27(23,24)5;7-1-3(9)5(11)6(12)4(10)2-8/h9,18-19,21-25,28H,6-8,10-17H2,1-5H3;1,3-6,8-12H,2H2/t19?,21-,22-,23+,24-,25-,26-,27+;/m0./s1. The molecule has 7 heteroatoms. The molecule has 0 bridgehead atoms. The quantitative estimate of drug-likeness (QED) is 0.174. The normalized spacial score (nSPS) is 38.9. The molecule has 0 aromatic rings. The minimum atomic E-state index is -1.79. The molecule has 0 amide bonds. The molecule has 4 rings (SSSR count). The molecule has 232 valence electrons. The largest absolute Gasteiger partial charge is 0.394 e. The van der Waals surface area contributed by atoms with Crippen LogP contribution < -0.4 is 0 Å². The first-order valence-electron chi connectivity index (χ1n) is 16.0. The average molecular weight is 567 g/mol. The Morgan fingerprint density at radius 3 is 2.27 bits per heavy atom. The lowest BCUT2D eigenvalue weighted by molar-refractivity contribution is -0.136. The third-order valence-corrected chi connectivity index (χ3v) is 11.7. The van der Waals surface area contributed by atoms with Crippen molar-refractivity contribution in [3.8, 4) is 0 Å². The van der Waals surface area contributed by atoms with Crippen LogP contribution in [0.15, 0.2) is 11.6 Å². The summed E-state index contributed by atoms with van der Waals surface area (Å²) in [6.45, 7) is 11.8. The highest BCUT2D eigenvalue weighted by atomic mass is 16.4. The van der Waals surface area contributed by atoms with E-state index in [1.807, 2.05) is 0 Å². The van der Waals surface area contributed by atoms with Crippen LogP contribution >= 0.6 is 0 Å². The first-order chi connectivity index (χ1) is 18.8. The Bertz CT molecular complexity index is 845. The van der Waals surface area contributed by atoms with Crippen molar-refractivity contribution in [2.24, 2.45) is 46.3 Å². The third kappa shape index (κ3) is 7.03. The molecule has 40 heavy (non-hydrogen) atoms. The summed E-state index contributed by atoms with van der Waals surface area (Å²) in [5, 5.41) is 53.7. The summed E-state index contributed by atoms with van der Waals surface area (Å²) in [5.74, 6) is 5.46. The van der Waals surface area contributed by atoms with E-state index in [1.54, 1.807) is 5.57 Å². The maximum Gasteiger partial charge on any atom is 0.151 e. The minimum Gasteiger partial charge on any atom is -0.394 e. The van der Waals surface area contributed by atoms with Crippen molar-refractivity contribution in [1.29, 1.82) is 0 Å². The van der Waals surface area contributed by atoms with Crippen molar-refractivity contribution < 1.29 is 35.4 Å². The molecule has 3 saturated carbocycles. The molecule has 0 aliphatic heterocycles. The SMILES string of the molecule is CC(C)CCCC(C)[C@H]1CC[C@H]2[C@@H]3CC=C4C[C@@H](O)CC[C@]4(C)[C@H]3CC[C@]12C.O=CC(O)C(O)C(O)C(O)CO. The Morgan fingerprint density at radius 1 is 0.950 bits per heavy atom. The monoisotopic (exact) mass is 566 g/mol. The molecular formula is C33H58O7. The molecule has 4 aliphatic carbocycles. The predicted octanol–water partition coefficient (Wildman–Crippen LogP) is 4.01. The van der Waals surface area contributed by atoms with Crippen LogP contribution in [0.1, 0.15) is 105 Å². The van der Waals surface area contributed by atoms with Gasteiger partial charge in [0, 0.05) is 0 Å². The Morgan fingerprint density at radius 2 is 1.65 bits per heavy atom. The van der Waals surface area contributed by atoms with E-state index in [1.165, 1.54) is 57.8 Å². The van der Waals surface area contributed by atoms with Crippen molar-refractivity contribution in [2.75, 3.05) is 6.61 Å². The minimum absolute atomic E-state index is 0.0258. The summed E-state index contributed by atoms with van der Waals surface area (Å²) < 4.78 is 0. The lowest BCUT2D eigenvalue weighted by Gasteiger charge is -2.58. The smallest absolute Gasteiger partial charge is 0.151 e. The van der Waals surface area contributed by atoms with Gasteiger partial charge in [-0.25, -0.2) is 0 Å². The Hall–Kier alpha value is -0.830. The number of hydrogen-bond acceptors (Lipinski definition) is 7. The van der Waals surface area contributed by atoms with Crippen LogP contribution in [0.4, 0.5) is 0 Å². The van der Waals surface area contributed by atoms with Crippen LogP contribution in [0.3, 0.4) is 0 Å². The molecule has 0 aromatic carbocycles. The number of carbonyl (C=O) groups is 1. The topological polar surface area (TPSA) is 138 Å². The van der Waals surface area contributed by atoms with E-state index >= 15 is 0 Å². The maximum atomic E-state index is 10.2. The van der Waals surface area contributed by atoms with Crippen molar-refractivity contribution >= 4 is 6.29 Å². The summed E-state index contributed by atoms with van der Waals surface area (Å²) in [4.78, 5) is 9.90. The van der Waals surface area contributed by atoms with E-state index in [0.717, 1.165) is 48.3 Å². The van der Waals surface area contributed by atoms with Crippen LogP contribution in [0.25, 0.3) is 0 Å². The van der Waals surface area contributed by atoms with Crippen LogP contribution in [0, 0.1) is 46.3 Å². The van der Waals surface area contributed by atoms with E-state index in [2.05, 4.69) is 40.7 Å². The van der Waals surface area contributed by atoms with Gasteiger partial charge in [0.1, 0.15) is 24.4 Å². The Kier molecular flexibility index (Phi) is 11.9. The van der Waals surface area contributed by atoms with Gasteiger partial charge in [0.2, 0.25) is 0 Å². The molecule has 0 radical (unpaired) electrons. The summed E-state index contributed by atoms with van der Waals surface area (Å²) in [5.41, 5.74) is 2.60. The van der Waals surface area contributed by atoms with Gasteiger partial charge < -0.3 is 35.4 Å². The van der Waals surface area contributed by atoms with Crippen molar-refractivity contribution in [1.82, 2.24) is 0 Å². The van der Waals surface area contributed by atoms with Crippen molar-refractivity contribution in [3.63, 3.8) is 0 Å². The molecule has 0 aromatic heterocycles. The van der Waals surface area contributed by atoms with Crippen LogP contribution in [0.5, 0.6) is 0 Å². The van der Waals surface area contributed by atoms with E-state index < -0.39 is 31.0 Å². The highest BCUT2D eigenvalue weighted by molar-refractivity contribution is 5.56. The van der Waals surface area contributed by atoms with Gasteiger partial charge in [0.05, 0.1) is 12.7 Å². The summed E-state index contributed by atoms with van der Waals surface area (Å²) >= 11 is 0. The first kappa shape index (κ1) is 33.7. The van der Waals surface area contributed by atoms with Gasteiger partial charge in [0.25, 0.3) is 0 Å². The fourth-order valence-electron chi connectivity index (χ4n) is 9.28. The van der Waals surface area contributed by atoms with Gasteiger partial charge in [0.15, 0.2) is 6.29 Å². The summed E-state index contributed by atoms with van der Waals surface area (Å²) in [6, 6.07) is 0. The highest BCUT2D eigenvalue weighted by Gasteiger charge is 2.59. The van der Waals surface area contributed by atoms with E-state index in [-0.39, 0.29) is 12.4 Å². The van der Waals surface area contributed by atoms with Gasteiger partial charge in [-0.3, -0.25) is 0 Å². The lowest BCUT2D eigenvalue weighted by atomic mass is 9.47. The number of carbonyl (C=O) groups excluding carboxylic acids is 1. The zero-order valence-electron chi connectivity index (χ0n) is 25.6. The maximum absolute atomic E-state index is 10.2. The number of rotatable bonds is 10. The lowest BCUT2D eigenvalue weighted by Crippen LogP contribution is -2.50. The first-order valence-corrected chi connectivity index (χ1v) is 16.0. The molecule has 3 fully saturated rings. The number of fused-ring (bicyclic) bond motifs is 5. The van der Waals surface area contributed by atoms with Crippen molar-refractivity contribution in [2.45, 2.75) is 136 Å². The Balaban J connectivity index is 0.000000312. The van der Waals surface area contributed by atoms with Crippen LogP contribution in [-0.4, -0.2) is 74.1 Å². The molecule has 7 nitrogen and oxygen atoms in total.